The van der Waals surface area contributed by atoms with Crippen molar-refractivity contribution in [3.05, 3.63) is 292 Å². The second-order valence-corrected chi connectivity index (χ2v) is 22.1. The van der Waals surface area contributed by atoms with E-state index >= 15 is 0 Å². The Morgan fingerprint density at radius 3 is 1.35 bits per heavy atom. The van der Waals surface area contributed by atoms with Crippen LogP contribution in [-0.2, 0) is 21.7 Å². The average Bonchev–Trinajstić information content (AvgIpc) is 3.41. The van der Waals surface area contributed by atoms with Crippen LogP contribution in [-0.4, -0.2) is 6.04 Å². The highest BCUT2D eigenvalue weighted by Crippen LogP contribution is 2.56. The molecule has 13 rings (SSSR count). The highest BCUT2D eigenvalue weighted by molar-refractivity contribution is 6.26. The molecular weight excluding hydrogens is 855 g/mol. The largest absolute Gasteiger partial charge is 0.334 e. The summed E-state index contributed by atoms with van der Waals surface area (Å²) in [5.41, 5.74) is 16.0. The molecule has 2 atom stereocenters. The third-order valence-electron chi connectivity index (χ3n) is 17.3. The van der Waals surface area contributed by atoms with E-state index in [0.717, 1.165) is 0 Å². The van der Waals surface area contributed by atoms with E-state index in [-0.39, 0.29) is 28.2 Å². The first-order valence-corrected chi connectivity index (χ1v) is 25.6. The molecule has 1 heterocycles. The minimum atomic E-state index is -0.532. The number of hydrogen-bond donors (Lipinski definition) is 0. The molecule has 10 aromatic carbocycles. The topological polar surface area (TPSA) is 3.24 Å². The highest BCUT2D eigenvalue weighted by atomic mass is 15.2. The number of anilines is 2. The zero-order valence-electron chi connectivity index (χ0n) is 41.6. The summed E-state index contributed by atoms with van der Waals surface area (Å²) in [5, 5.41) is 7.92. The Bertz CT molecular complexity index is 3680. The molecule has 0 amide bonds. The van der Waals surface area contributed by atoms with E-state index in [1.54, 1.807) is 0 Å². The van der Waals surface area contributed by atoms with Gasteiger partial charge >= 0.3 is 0 Å². The molecule has 0 aromatic heterocycles. The molecule has 0 spiro atoms. The minimum absolute atomic E-state index is 0.100. The number of rotatable bonds is 6. The summed E-state index contributed by atoms with van der Waals surface area (Å²) in [7, 11) is 0. The number of benzene rings is 10. The lowest BCUT2D eigenvalue weighted by Gasteiger charge is -2.51. The number of nitrogens with zero attached hydrogens (tertiary/aromatic N) is 1. The van der Waals surface area contributed by atoms with Gasteiger partial charge in [0.25, 0.3) is 0 Å². The molecule has 0 saturated heterocycles. The molecule has 1 heteroatoms. The summed E-state index contributed by atoms with van der Waals surface area (Å²) in [6.45, 7) is 14.7. The standard InChI is InChI=1S/C70H59N/c1-67(2)59-36-21-22-37-60(59)68(3,4)62-43-56-55(42-61(62)67)53-34-19-20-35-54(53)58-45-66-64(44-57(56)58)69(5,6)63-41-47(38-39-65(63)71(66)52-32-17-10-18-33-52)46-24-23-31-51(40-46)70(48-25-11-7-12-26-48,49-27-13-8-14-28-49)50-29-15-9-16-30-50/h7-45,63,65H,1-6H3. The quantitative estimate of drug-likeness (QED) is 0.119. The van der Waals surface area contributed by atoms with Gasteiger partial charge in [0.2, 0.25) is 0 Å². The van der Waals surface area contributed by atoms with Gasteiger partial charge in [-0.1, -0.05) is 236 Å². The van der Waals surface area contributed by atoms with E-state index in [0.29, 0.717) is 0 Å². The molecule has 0 saturated carbocycles. The molecule has 71 heavy (non-hydrogen) atoms. The molecule has 2 unspecified atom stereocenters. The number of para-hydroxylation sites is 1. The minimum Gasteiger partial charge on any atom is -0.334 e. The fraction of sp³-hybridized carbons (Fsp3) is 0.171. The Hall–Kier alpha value is -7.74. The molecule has 2 aliphatic carbocycles. The molecule has 10 aromatic rings. The van der Waals surface area contributed by atoms with Crippen LogP contribution >= 0.6 is 0 Å². The SMILES string of the molecule is CC1(C)c2ccccc2C(C)(C)c2cc3c(cc21)c1ccccc1c1cc2c(cc13)C(C)(C)C1C=C(c3cccc(C(c4ccccc4)(c4ccccc4)c4ccccc4)c3)C=CC1N2c1ccccc1. The lowest BCUT2D eigenvalue weighted by molar-refractivity contribution is 0.333. The Kier molecular flexibility index (Phi) is 9.69. The Morgan fingerprint density at radius 1 is 0.380 bits per heavy atom. The van der Waals surface area contributed by atoms with E-state index in [9.17, 15) is 0 Å². The van der Waals surface area contributed by atoms with Crippen LogP contribution in [0.3, 0.4) is 0 Å². The molecule has 0 fully saturated rings. The summed E-state index contributed by atoms with van der Waals surface area (Å²) in [6.07, 6.45) is 7.51. The van der Waals surface area contributed by atoms with E-state index in [1.807, 2.05) is 0 Å². The maximum absolute atomic E-state index is 2.64. The van der Waals surface area contributed by atoms with Gasteiger partial charge in [-0.15, -0.1) is 0 Å². The van der Waals surface area contributed by atoms with Crippen molar-refractivity contribution < 1.29 is 0 Å². The van der Waals surface area contributed by atoms with Crippen molar-refractivity contribution in [1.82, 2.24) is 0 Å². The smallest absolute Gasteiger partial charge is 0.0701 e. The van der Waals surface area contributed by atoms with Gasteiger partial charge in [-0.05, 0) is 136 Å². The Morgan fingerprint density at radius 2 is 0.817 bits per heavy atom. The van der Waals surface area contributed by atoms with E-state index in [2.05, 4.69) is 283 Å². The predicted molar refractivity (Wildman–Crippen MR) is 300 cm³/mol. The predicted octanol–water partition coefficient (Wildman–Crippen LogP) is 17.6. The summed E-state index contributed by atoms with van der Waals surface area (Å²) in [5.74, 6) is 0.161. The van der Waals surface area contributed by atoms with Crippen LogP contribution in [0.5, 0.6) is 0 Å². The van der Waals surface area contributed by atoms with Crippen molar-refractivity contribution in [1.29, 1.82) is 0 Å². The third kappa shape index (κ3) is 6.31. The van der Waals surface area contributed by atoms with Crippen LogP contribution in [0, 0.1) is 5.92 Å². The first-order valence-electron chi connectivity index (χ1n) is 25.6. The van der Waals surface area contributed by atoms with Crippen molar-refractivity contribution in [2.24, 2.45) is 5.92 Å². The summed E-state index contributed by atoms with van der Waals surface area (Å²) < 4.78 is 0. The van der Waals surface area contributed by atoms with Gasteiger partial charge in [0.05, 0.1) is 11.5 Å². The van der Waals surface area contributed by atoms with Crippen LogP contribution < -0.4 is 4.90 Å². The van der Waals surface area contributed by atoms with Crippen molar-refractivity contribution in [3.63, 3.8) is 0 Å². The lowest BCUT2D eigenvalue weighted by Crippen LogP contribution is -2.50. The van der Waals surface area contributed by atoms with Gasteiger partial charge in [0, 0.05) is 33.5 Å². The van der Waals surface area contributed by atoms with E-state index in [4.69, 9.17) is 0 Å². The third-order valence-corrected chi connectivity index (χ3v) is 17.3. The summed E-state index contributed by atoms with van der Waals surface area (Å²) >= 11 is 0. The van der Waals surface area contributed by atoms with Crippen LogP contribution in [0.25, 0.3) is 37.9 Å². The molecule has 0 radical (unpaired) electrons. The molecular formula is C70H59N. The molecule has 0 bridgehead atoms. The fourth-order valence-electron chi connectivity index (χ4n) is 13.6. The van der Waals surface area contributed by atoms with E-state index in [1.165, 1.54) is 105 Å². The molecule has 344 valence electrons. The van der Waals surface area contributed by atoms with Crippen molar-refractivity contribution in [2.45, 2.75) is 69.2 Å². The zero-order valence-corrected chi connectivity index (χ0v) is 41.6. The second-order valence-electron chi connectivity index (χ2n) is 22.1. The maximum Gasteiger partial charge on any atom is 0.0701 e. The van der Waals surface area contributed by atoms with Gasteiger partial charge in [-0.3, -0.25) is 0 Å². The monoisotopic (exact) mass is 913 g/mol. The van der Waals surface area contributed by atoms with Crippen molar-refractivity contribution >= 4 is 49.3 Å². The summed E-state index contributed by atoms with van der Waals surface area (Å²) in [6, 6.07) is 82.4. The normalized spacial score (nSPS) is 18.3. The van der Waals surface area contributed by atoms with Crippen LogP contribution in [0.2, 0.25) is 0 Å². The summed E-state index contributed by atoms with van der Waals surface area (Å²) in [4.78, 5) is 2.64. The van der Waals surface area contributed by atoms with Crippen molar-refractivity contribution in [3.8, 4) is 0 Å². The van der Waals surface area contributed by atoms with Crippen molar-refractivity contribution in [2.75, 3.05) is 4.90 Å². The first kappa shape index (κ1) is 43.3. The molecule has 1 aliphatic heterocycles. The number of hydrogen-bond acceptors (Lipinski definition) is 1. The number of fused-ring (bicyclic) bond motifs is 10. The zero-order chi connectivity index (χ0) is 48.3. The molecule has 3 aliphatic rings. The van der Waals surface area contributed by atoms with Gasteiger partial charge in [-0.2, -0.15) is 0 Å². The first-order chi connectivity index (χ1) is 34.5. The van der Waals surface area contributed by atoms with Crippen LogP contribution in [0.15, 0.2) is 237 Å². The van der Waals surface area contributed by atoms with E-state index < -0.39 is 5.41 Å². The van der Waals surface area contributed by atoms with Crippen LogP contribution in [0.4, 0.5) is 11.4 Å². The Labute approximate surface area is 419 Å². The Balaban J connectivity index is 1.02. The van der Waals surface area contributed by atoms with Gasteiger partial charge in [0.1, 0.15) is 0 Å². The second kappa shape index (κ2) is 15.9. The van der Waals surface area contributed by atoms with Gasteiger partial charge < -0.3 is 4.90 Å². The number of allylic oxidation sites excluding steroid dienone is 2. The fourth-order valence-corrected chi connectivity index (χ4v) is 13.6. The average molecular weight is 914 g/mol. The lowest BCUT2D eigenvalue weighted by atomic mass is 9.59. The molecule has 0 N–H and O–H groups in total. The highest BCUT2D eigenvalue weighted by Gasteiger charge is 2.47. The maximum atomic E-state index is 2.64. The van der Waals surface area contributed by atoms with Gasteiger partial charge in [0.15, 0.2) is 0 Å². The van der Waals surface area contributed by atoms with Gasteiger partial charge in [-0.25, -0.2) is 0 Å². The molecule has 1 nitrogen and oxygen atoms in total. The van der Waals surface area contributed by atoms with Crippen LogP contribution in [0.1, 0.15) is 97.2 Å².